The first-order valence-electron chi connectivity index (χ1n) is 6.94. The lowest BCUT2D eigenvalue weighted by Gasteiger charge is -2.15. The summed E-state index contributed by atoms with van der Waals surface area (Å²) in [6.45, 7) is 11.7. The Hall–Kier alpha value is -1.23. The van der Waals surface area contributed by atoms with Gasteiger partial charge in [0, 0.05) is 19.6 Å². The molecule has 2 rings (SSSR count). The van der Waals surface area contributed by atoms with Gasteiger partial charge in [0.05, 0.1) is 11.4 Å². The Morgan fingerprint density at radius 2 is 2.17 bits per heavy atom. The van der Waals surface area contributed by atoms with Crippen molar-refractivity contribution in [1.82, 2.24) is 14.7 Å². The fourth-order valence-corrected chi connectivity index (χ4v) is 2.62. The van der Waals surface area contributed by atoms with Gasteiger partial charge in [-0.15, -0.1) is 0 Å². The molecule has 2 heterocycles. The maximum absolute atomic E-state index is 6.06. The van der Waals surface area contributed by atoms with E-state index in [1.807, 2.05) is 11.6 Å². The van der Waals surface area contributed by atoms with Gasteiger partial charge in [0.1, 0.15) is 5.82 Å². The number of hydrogen-bond donors (Lipinski definition) is 2. The molecule has 0 bridgehead atoms. The molecule has 0 spiro atoms. The van der Waals surface area contributed by atoms with Crippen LogP contribution in [-0.4, -0.2) is 40.9 Å². The van der Waals surface area contributed by atoms with E-state index in [1.165, 1.54) is 19.5 Å². The monoisotopic (exact) mass is 251 g/mol. The van der Waals surface area contributed by atoms with Crippen LogP contribution >= 0.6 is 0 Å². The topological polar surface area (TPSA) is 59.1 Å². The zero-order valence-electron chi connectivity index (χ0n) is 11.7. The van der Waals surface area contributed by atoms with Gasteiger partial charge >= 0.3 is 0 Å². The van der Waals surface area contributed by atoms with Gasteiger partial charge in [-0.3, -0.25) is 0 Å². The Labute approximate surface area is 109 Å². The van der Waals surface area contributed by atoms with Crippen LogP contribution in [0.5, 0.6) is 0 Å². The highest BCUT2D eigenvalue weighted by Gasteiger charge is 2.21. The fourth-order valence-electron chi connectivity index (χ4n) is 2.62. The number of aryl methyl sites for hydroxylation is 2. The van der Waals surface area contributed by atoms with Crippen molar-refractivity contribution >= 4 is 11.5 Å². The molecule has 1 fully saturated rings. The van der Waals surface area contributed by atoms with E-state index in [9.17, 15) is 0 Å². The summed E-state index contributed by atoms with van der Waals surface area (Å²) in [5, 5.41) is 7.91. The molecule has 1 aromatic heterocycles. The highest BCUT2D eigenvalue weighted by molar-refractivity contribution is 5.64. The normalized spacial score (nSPS) is 20.5. The first-order valence-corrected chi connectivity index (χ1v) is 6.94. The number of nitrogen functional groups attached to an aromatic ring is 1. The van der Waals surface area contributed by atoms with Crippen LogP contribution in [-0.2, 0) is 6.54 Å². The lowest BCUT2D eigenvalue weighted by atomic mass is 10.1. The molecule has 1 aliphatic rings. The zero-order chi connectivity index (χ0) is 13.1. The van der Waals surface area contributed by atoms with Crippen molar-refractivity contribution in [2.24, 2.45) is 5.92 Å². The average molecular weight is 251 g/mol. The minimum atomic E-state index is 0.727. The largest absolute Gasteiger partial charge is 0.394 e. The molecular formula is C13H25N5. The van der Waals surface area contributed by atoms with Crippen LogP contribution < -0.4 is 11.1 Å². The summed E-state index contributed by atoms with van der Waals surface area (Å²) >= 11 is 0. The second-order valence-corrected chi connectivity index (χ2v) is 5.09. The highest BCUT2D eigenvalue weighted by Crippen LogP contribution is 2.23. The molecule has 0 radical (unpaired) electrons. The molecule has 1 aliphatic heterocycles. The summed E-state index contributed by atoms with van der Waals surface area (Å²) in [6.07, 6.45) is 1.28. The van der Waals surface area contributed by atoms with Crippen LogP contribution in [0, 0.1) is 12.8 Å². The molecule has 1 saturated heterocycles. The number of likely N-dealkylation sites (tertiary alicyclic amines) is 1. The summed E-state index contributed by atoms with van der Waals surface area (Å²) < 4.78 is 1.96. The maximum atomic E-state index is 6.06. The van der Waals surface area contributed by atoms with E-state index in [1.54, 1.807) is 0 Å². The van der Waals surface area contributed by atoms with E-state index in [0.29, 0.717) is 0 Å². The summed E-state index contributed by atoms with van der Waals surface area (Å²) in [6, 6.07) is 0. The Morgan fingerprint density at radius 3 is 2.78 bits per heavy atom. The predicted octanol–water partition coefficient (Wildman–Crippen LogP) is 1.55. The van der Waals surface area contributed by atoms with E-state index >= 15 is 0 Å². The van der Waals surface area contributed by atoms with Gasteiger partial charge in [-0.25, -0.2) is 4.68 Å². The smallest absolute Gasteiger partial charge is 0.148 e. The molecule has 1 unspecified atom stereocenters. The molecule has 0 aliphatic carbocycles. The predicted molar refractivity (Wildman–Crippen MR) is 75.8 cm³/mol. The summed E-state index contributed by atoms with van der Waals surface area (Å²) in [7, 11) is 0. The number of aromatic nitrogens is 2. The Bertz CT molecular complexity index is 398. The lowest BCUT2D eigenvalue weighted by Crippen LogP contribution is -2.23. The molecule has 1 atom stereocenters. The van der Waals surface area contributed by atoms with Gasteiger partial charge in [-0.1, -0.05) is 6.92 Å². The van der Waals surface area contributed by atoms with Crippen LogP contribution in [0.2, 0.25) is 0 Å². The van der Waals surface area contributed by atoms with Crippen LogP contribution in [0.25, 0.3) is 0 Å². The molecular weight excluding hydrogens is 226 g/mol. The van der Waals surface area contributed by atoms with Crippen molar-refractivity contribution in [3.05, 3.63) is 5.69 Å². The molecule has 18 heavy (non-hydrogen) atoms. The van der Waals surface area contributed by atoms with Gasteiger partial charge in [-0.2, -0.15) is 5.10 Å². The molecule has 102 valence electrons. The number of anilines is 2. The number of rotatable bonds is 5. The van der Waals surface area contributed by atoms with Crippen LogP contribution in [0.3, 0.4) is 0 Å². The van der Waals surface area contributed by atoms with Gasteiger partial charge in [0.2, 0.25) is 0 Å². The Kier molecular flexibility index (Phi) is 4.11. The molecule has 1 aromatic rings. The van der Waals surface area contributed by atoms with Crippen molar-refractivity contribution in [3.8, 4) is 0 Å². The van der Waals surface area contributed by atoms with Gasteiger partial charge in [0.15, 0.2) is 0 Å². The fraction of sp³-hybridized carbons (Fsp3) is 0.769. The Balaban J connectivity index is 1.94. The number of nitrogens with one attached hydrogen (secondary N) is 1. The summed E-state index contributed by atoms with van der Waals surface area (Å²) in [5.74, 6) is 1.72. The number of nitrogens with zero attached hydrogens (tertiary/aromatic N) is 3. The van der Waals surface area contributed by atoms with Gasteiger partial charge in [-0.05, 0) is 39.3 Å². The number of hydrogen-bond acceptors (Lipinski definition) is 4. The lowest BCUT2D eigenvalue weighted by molar-refractivity contribution is 0.345. The first kappa shape index (κ1) is 13.2. The molecule has 0 saturated carbocycles. The molecule has 3 N–H and O–H groups in total. The van der Waals surface area contributed by atoms with E-state index in [4.69, 9.17) is 5.73 Å². The highest BCUT2D eigenvalue weighted by atomic mass is 15.3. The average Bonchev–Trinajstić information content (AvgIpc) is 2.94. The molecule has 5 nitrogen and oxygen atoms in total. The molecule has 0 amide bonds. The minimum Gasteiger partial charge on any atom is -0.394 e. The van der Waals surface area contributed by atoms with Crippen molar-refractivity contribution in [2.45, 2.75) is 33.7 Å². The standard InChI is InChI=1S/C13H25N5/c1-4-17-7-6-11(9-17)8-15-13-12(14)10(3)16-18(13)5-2/h11,15H,4-9,14H2,1-3H3. The van der Waals surface area contributed by atoms with Gasteiger partial charge < -0.3 is 16.0 Å². The zero-order valence-corrected chi connectivity index (χ0v) is 11.7. The molecule has 0 aromatic carbocycles. The second-order valence-electron chi connectivity index (χ2n) is 5.09. The van der Waals surface area contributed by atoms with Crippen LogP contribution in [0.15, 0.2) is 0 Å². The van der Waals surface area contributed by atoms with Crippen molar-refractivity contribution in [3.63, 3.8) is 0 Å². The van der Waals surface area contributed by atoms with Gasteiger partial charge in [0.25, 0.3) is 0 Å². The minimum absolute atomic E-state index is 0.727. The van der Waals surface area contributed by atoms with E-state index < -0.39 is 0 Å². The third-order valence-electron chi connectivity index (χ3n) is 3.85. The summed E-state index contributed by atoms with van der Waals surface area (Å²) in [4.78, 5) is 2.50. The van der Waals surface area contributed by atoms with E-state index in [0.717, 1.165) is 42.8 Å². The maximum Gasteiger partial charge on any atom is 0.148 e. The Morgan fingerprint density at radius 1 is 1.39 bits per heavy atom. The summed E-state index contributed by atoms with van der Waals surface area (Å²) in [5.41, 5.74) is 7.77. The van der Waals surface area contributed by atoms with Crippen LogP contribution in [0.1, 0.15) is 26.0 Å². The van der Waals surface area contributed by atoms with Crippen molar-refractivity contribution in [1.29, 1.82) is 0 Å². The van der Waals surface area contributed by atoms with Crippen molar-refractivity contribution < 1.29 is 0 Å². The SMILES string of the molecule is CCN1CCC(CNc2c(N)c(C)nn2CC)C1. The van der Waals surface area contributed by atoms with Crippen molar-refractivity contribution in [2.75, 3.05) is 37.2 Å². The van der Waals surface area contributed by atoms with E-state index in [-0.39, 0.29) is 0 Å². The van der Waals surface area contributed by atoms with Crippen LogP contribution in [0.4, 0.5) is 11.5 Å². The quantitative estimate of drug-likeness (QED) is 0.833. The van der Waals surface area contributed by atoms with E-state index in [2.05, 4.69) is 29.2 Å². The third-order valence-corrected chi connectivity index (χ3v) is 3.85. The molecule has 5 heteroatoms. The third kappa shape index (κ3) is 2.61. The first-order chi connectivity index (χ1) is 8.65. The number of nitrogens with two attached hydrogens (primary N) is 1. The second kappa shape index (κ2) is 5.61.